The molecule has 5 heteroatoms. The number of carbonyl (C=O) groups excluding carboxylic acids is 1. The number of ether oxygens (including phenoxy) is 3. The van der Waals surface area contributed by atoms with Gasteiger partial charge < -0.3 is 14.2 Å². The molecular formula is C18H23ClO4. The smallest absolute Gasteiger partial charge is 0.306 e. The Hall–Kier alpha value is -1.36. The van der Waals surface area contributed by atoms with Gasteiger partial charge in [0.25, 0.3) is 0 Å². The molecule has 1 saturated heterocycles. The van der Waals surface area contributed by atoms with Gasteiger partial charge in [-0.25, -0.2) is 0 Å². The predicted molar refractivity (Wildman–Crippen MR) is 90.5 cm³/mol. The van der Waals surface area contributed by atoms with Crippen molar-refractivity contribution in [3.05, 3.63) is 40.4 Å². The molecule has 23 heavy (non-hydrogen) atoms. The van der Waals surface area contributed by atoms with Gasteiger partial charge in [0.15, 0.2) is 0 Å². The van der Waals surface area contributed by atoms with Gasteiger partial charge in [-0.2, -0.15) is 0 Å². The maximum atomic E-state index is 11.3. The molecule has 2 rings (SSSR count). The molecule has 0 aromatic heterocycles. The molecule has 0 bridgehead atoms. The molecule has 0 amide bonds. The Morgan fingerprint density at radius 1 is 1.52 bits per heavy atom. The molecular weight excluding hydrogens is 316 g/mol. The van der Waals surface area contributed by atoms with Gasteiger partial charge >= 0.3 is 5.97 Å². The summed E-state index contributed by atoms with van der Waals surface area (Å²) in [7, 11) is 0. The van der Waals surface area contributed by atoms with E-state index < -0.39 is 0 Å². The normalized spacial score (nSPS) is 18.1. The van der Waals surface area contributed by atoms with Gasteiger partial charge in [0, 0.05) is 11.4 Å². The minimum atomic E-state index is -0.176. The van der Waals surface area contributed by atoms with E-state index in [1.807, 2.05) is 37.3 Å². The van der Waals surface area contributed by atoms with Crippen LogP contribution in [0.1, 0.15) is 43.9 Å². The van der Waals surface area contributed by atoms with E-state index in [0.717, 1.165) is 17.7 Å². The molecule has 1 fully saturated rings. The molecule has 1 heterocycles. The first-order valence-electron chi connectivity index (χ1n) is 7.95. The van der Waals surface area contributed by atoms with Gasteiger partial charge in [0.05, 0.1) is 25.9 Å². The summed E-state index contributed by atoms with van der Waals surface area (Å²) in [4.78, 5) is 11.3. The van der Waals surface area contributed by atoms with Crippen molar-refractivity contribution in [2.24, 2.45) is 0 Å². The van der Waals surface area contributed by atoms with Crippen molar-refractivity contribution in [3.63, 3.8) is 0 Å². The molecule has 0 saturated carbocycles. The summed E-state index contributed by atoms with van der Waals surface area (Å²) in [5, 5.41) is 0.677. The number of carbonyl (C=O) groups is 1. The van der Waals surface area contributed by atoms with E-state index in [-0.39, 0.29) is 18.2 Å². The molecule has 0 N–H and O–H groups in total. The highest BCUT2D eigenvalue weighted by Gasteiger charge is 2.24. The standard InChI is InChI=1S/C18H23ClO4/c1-3-21-18(20)7-5-4-6-14-10-15(19)8-9-17(14)13(2)22-11-16-12-23-16/h4,6,8-10,13,16H,3,5,7,11-12H2,1-2H3/b6-4+/t13-,16+/m1/s1. The van der Waals surface area contributed by atoms with Gasteiger partial charge in [-0.05, 0) is 43.5 Å². The Kier molecular flexibility index (Phi) is 7.09. The molecule has 4 nitrogen and oxygen atoms in total. The summed E-state index contributed by atoms with van der Waals surface area (Å²) in [5.74, 6) is -0.176. The van der Waals surface area contributed by atoms with Crippen LogP contribution in [0, 0.1) is 0 Å². The van der Waals surface area contributed by atoms with Gasteiger partial charge in [-0.3, -0.25) is 4.79 Å². The van der Waals surface area contributed by atoms with Crippen molar-refractivity contribution >= 4 is 23.6 Å². The number of hydrogen-bond donors (Lipinski definition) is 0. The zero-order valence-corrected chi connectivity index (χ0v) is 14.3. The third-order valence-electron chi connectivity index (χ3n) is 3.54. The van der Waals surface area contributed by atoms with E-state index in [1.54, 1.807) is 6.92 Å². The molecule has 0 spiro atoms. The third kappa shape index (κ3) is 6.34. The highest BCUT2D eigenvalue weighted by molar-refractivity contribution is 6.30. The lowest BCUT2D eigenvalue weighted by Crippen LogP contribution is -2.07. The van der Waals surface area contributed by atoms with Crippen LogP contribution in [0.2, 0.25) is 5.02 Å². The summed E-state index contributed by atoms with van der Waals surface area (Å²) >= 11 is 6.09. The fraction of sp³-hybridized carbons (Fsp3) is 0.500. The molecule has 0 radical (unpaired) electrons. The second-order valence-electron chi connectivity index (χ2n) is 5.45. The van der Waals surface area contributed by atoms with Crippen molar-refractivity contribution in [1.29, 1.82) is 0 Å². The van der Waals surface area contributed by atoms with Crippen molar-refractivity contribution in [3.8, 4) is 0 Å². The highest BCUT2D eigenvalue weighted by atomic mass is 35.5. The lowest BCUT2D eigenvalue weighted by molar-refractivity contribution is -0.142. The van der Waals surface area contributed by atoms with Gasteiger partial charge in [-0.1, -0.05) is 29.8 Å². The zero-order chi connectivity index (χ0) is 16.7. The summed E-state index contributed by atoms with van der Waals surface area (Å²) in [6.45, 7) is 5.63. The maximum Gasteiger partial charge on any atom is 0.306 e. The van der Waals surface area contributed by atoms with Crippen LogP contribution in [0.4, 0.5) is 0 Å². The monoisotopic (exact) mass is 338 g/mol. The number of halogens is 1. The Balaban J connectivity index is 1.95. The quantitative estimate of drug-likeness (QED) is 0.501. The van der Waals surface area contributed by atoms with E-state index in [1.165, 1.54) is 0 Å². The molecule has 1 aliphatic heterocycles. The van der Waals surface area contributed by atoms with E-state index >= 15 is 0 Å². The Morgan fingerprint density at radius 3 is 3.00 bits per heavy atom. The van der Waals surface area contributed by atoms with Gasteiger partial charge in [0.2, 0.25) is 0 Å². The highest BCUT2D eigenvalue weighted by Crippen LogP contribution is 2.26. The summed E-state index contributed by atoms with van der Waals surface area (Å²) in [5.41, 5.74) is 2.08. The summed E-state index contributed by atoms with van der Waals surface area (Å²) in [6, 6.07) is 5.75. The molecule has 1 aromatic rings. The second kappa shape index (κ2) is 9.06. The van der Waals surface area contributed by atoms with Crippen molar-refractivity contribution in [1.82, 2.24) is 0 Å². The van der Waals surface area contributed by atoms with Crippen LogP contribution in [0.15, 0.2) is 24.3 Å². The zero-order valence-electron chi connectivity index (χ0n) is 13.6. The van der Waals surface area contributed by atoms with Crippen LogP contribution in [-0.4, -0.2) is 31.9 Å². The average Bonchev–Trinajstić information content (AvgIpc) is 3.34. The Morgan fingerprint density at radius 2 is 2.30 bits per heavy atom. The van der Waals surface area contributed by atoms with Crippen LogP contribution >= 0.6 is 11.6 Å². The number of rotatable bonds is 9. The van der Waals surface area contributed by atoms with Crippen molar-refractivity contribution in [2.75, 3.05) is 19.8 Å². The molecule has 0 aliphatic carbocycles. The molecule has 1 aromatic carbocycles. The summed E-state index contributed by atoms with van der Waals surface area (Å²) < 4.78 is 15.9. The molecule has 1 aliphatic rings. The van der Waals surface area contributed by atoms with Crippen LogP contribution in [-0.2, 0) is 19.0 Å². The van der Waals surface area contributed by atoms with Gasteiger partial charge in [-0.15, -0.1) is 0 Å². The van der Waals surface area contributed by atoms with E-state index in [4.69, 9.17) is 25.8 Å². The minimum absolute atomic E-state index is 0.0406. The van der Waals surface area contributed by atoms with E-state index in [9.17, 15) is 4.79 Å². The predicted octanol–water partition coefficient (Wildman–Crippen LogP) is 4.17. The first-order valence-corrected chi connectivity index (χ1v) is 8.32. The van der Waals surface area contributed by atoms with Crippen molar-refractivity contribution in [2.45, 2.75) is 38.9 Å². The van der Waals surface area contributed by atoms with Crippen LogP contribution in [0.3, 0.4) is 0 Å². The lowest BCUT2D eigenvalue weighted by atomic mass is 10.0. The number of benzene rings is 1. The molecule has 126 valence electrons. The number of hydrogen-bond acceptors (Lipinski definition) is 4. The Labute approximate surface area is 142 Å². The summed E-state index contributed by atoms with van der Waals surface area (Å²) in [6.07, 6.45) is 5.16. The second-order valence-corrected chi connectivity index (χ2v) is 5.89. The largest absolute Gasteiger partial charge is 0.466 e. The topological polar surface area (TPSA) is 48.1 Å². The van der Waals surface area contributed by atoms with Crippen LogP contribution in [0.25, 0.3) is 6.08 Å². The van der Waals surface area contributed by atoms with Gasteiger partial charge in [0.1, 0.15) is 6.10 Å². The lowest BCUT2D eigenvalue weighted by Gasteiger charge is -2.15. The Bertz CT molecular complexity index is 552. The first kappa shape index (κ1) is 18.0. The van der Waals surface area contributed by atoms with Crippen LogP contribution in [0.5, 0.6) is 0 Å². The fourth-order valence-electron chi connectivity index (χ4n) is 2.21. The average molecular weight is 339 g/mol. The number of epoxide rings is 1. The minimum Gasteiger partial charge on any atom is -0.466 e. The first-order chi connectivity index (χ1) is 11.1. The third-order valence-corrected chi connectivity index (χ3v) is 3.77. The van der Waals surface area contributed by atoms with E-state index in [0.29, 0.717) is 31.1 Å². The SMILES string of the molecule is CCOC(=O)CC/C=C/c1cc(Cl)ccc1[C@@H](C)OC[C@H]1CO1. The number of allylic oxidation sites excluding steroid dienone is 1. The fourth-order valence-corrected chi connectivity index (χ4v) is 2.39. The van der Waals surface area contributed by atoms with E-state index in [2.05, 4.69) is 0 Å². The number of esters is 1. The molecule has 0 unspecified atom stereocenters. The van der Waals surface area contributed by atoms with Crippen molar-refractivity contribution < 1.29 is 19.0 Å². The van der Waals surface area contributed by atoms with Crippen LogP contribution < -0.4 is 0 Å². The molecule has 2 atom stereocenters. The maximum absolute atomic E-state index is 11.3.